The van der Waals surface area contributed by atoms with Gasteiger partial charge in [0.15, 0.2) is 5.78 Å². The fraction of sp³-hybridized carbons (Fsp3) is 0.393. The number of aliphatic hydroxyl groups is 1. The molecule has 0 spiro atoms. The summed E-state index contributed by atoms with van der Waals surface area (Å²) in [7, 11) is 0. The highest BCUT2D eigenvalue weighted by Crippen LogP contribution is 2.20. The molecule has 0 unspecified atom stereocenters. The van der Waals surface area contributed by atoms with Gasteiger partial charge in [0.25, 0.3) is 0 Å². The number of rotatable bonds is 5. The van der Waals surface area contributed by atoms with E-state index >= 15 is 0 Å². The molecule has 2 aromatic rings. The third-order valence-corrected chi connectivity index (χ3v) is 6.84. The van der Waals surface area contributed by atoms with Gasteiger partial charge in [0.1, 0.15) is 11.4 Å². The second-order valence-corrected chi connectivity index (χ2v) is 9.79. The van der Waals surface area contributed by atoms with Crippen molar-refractivity contribution in [3.8, 4) is 11.8 Å². The van der Waals surface area contributed by atoms with Crippen molar-refractivity contribution in [3.05, 3.63) is 82.3 Å². The average Bonchev–Trinajstić information content (AvgIpc) is 2.84. The van der Waals surface area contributed by atoms with Gasteiger partial charge in [-0.25, -0.2) is 4.39 Å². The first-order chi connectivity index (χ1) is 16.8. The van der Waals surface area contributed by atoms with Gasteiger partial charge in [0.05, 0.1) is 0 Å². The Balaban J connectivity index is 1.40. The van der Waals surface area contributed by atoms with E-state index in [2.05, 4.69) is 33.9 Å². The van der Waals surface area contributed by atoms with Gasteiger partial charge in [-0.15, -0.1) is 0 Å². The highest BCUT2D eigenvalue weighted by Gasteiger charge is 2.26. The molecule has 1 atom stereocenters. The van der Waals surface area contributed by atoms with Gasteiger partial charge in [-0.2, -0.15) is 0 Å². The second kappa shape index (κ2) is 11.4. The Labute approximate surface area is 211 Å². The van der Waals surface area contributed by atoms with E-state index in [9.17, 15) is 14.3 Å². The van der Waals surface area contributed by atoms with E-state index in [1.54, 1.807) is 24.3 Å². The van der Waals surface area contributed by atoms with Gasteiger partial charge in [0.2, 0.25) is 0 Å². The molecule has 4 rings (SSSR count). The van der Waals surface area contributed by atoms with Gasteiger partial charge < -0.3 is 15.3 Å². The van der Waals surface area contributed by atoms with E-state index < -0.39 is 5.60 Å². The van der Waals surface area contributed by atoms with Crippen LogP contribution in [0.2, 0.25) is 5.02 Å². The molecule has 2 N–H and O–H groups in total. The van der Waals surface area contributed by atoms with Crippen molar-refractivity contribution in [3.63, 3.8) is 0 Å². The van der Waals surface area contributed by atoms with E-state index in [0.717, 1.165) is 31.7 Å². The largest absolute Gasteiger partial charge is 0.377 e. The summed E-state index contributed by atoms with van der Waals surface area (Å²) in [5.41, 5.74) is 1.03. The van der Waals surface area contributed by atoms with Crippen molar-refractivity contribution < 1.29 is 14.3 Å². The molecule has 0 radical (unpaired) electrons. The van der Waals surface area contributed by atoms with Crippen LogP contribution in [0.25, 0.3) is 0 Å². The zero-order valence-electron chi connectivity index (χ0n) is 19.9. The number of carbonyl (C=O) groups is 1. The number of halogens is 2. The first-order valence-corrected chi connectivity index (χ1v) is 12.4. The zero-order valence-corrected chi connectivity index (χ0v) is 20.7. The molecule has 0 saturated carbocycles. The van der Waals surface area contributed by atoms with Gasteiger partial charge in [-0.1, -0.05) is 35.6 Å². The van der Waals surface area contributed by atoms with Crippen molar-refractivity contribution in [1.29, 1.82) is 0 Å². The van der Waals surface area contributed by atoms with Crippen molar-refractivity contribution >= 4 is 17.4 Å². The molecule has 5 nitrogen and oxygen atoms in total. The average molecular weight is 496 g/mol. The molecule has 2 heterocycles. The fourth-order valence-electron chi connectivity index (χ4n) is 4.50. The first kappa shape index (κ1) is 25.4. The van der Waals surface area contributed by atoms with Crippen molar-refractivity contribution in [2.45, 2.75) is 38.0 Å². The Morgan fingerprint density at radius 3 is 2.69 bits per heavy atom. The summed E-state index contributed by atoms with van der Waals surface area (Å²) < 4.78 is 13.2. The maximum absolute atomic E-state index is 13.2. The molecule has 2 fully saturated rings. The summed E-state index contributed by atoms with van der Waals surface area (Å²) in [5, 5.41) is 14.4. The smallest absolute Gasteiger partial charge is 0.188 e. The number of ketones is 1. The Morgan fingerprint density at radius 2 is 1.97 bits per heavy atom. The van der Waals surface area contributed by atoms with Gasteiger partial charge in [-0.05, 0) is 68.8 Å². The number of benzene rings is 2. The predicted molar refractivity (Wildman–Crippen MR) is 137 cm³/mol. The maximum atomic E-state index is 13.2. The molecule has 0 aromatic heterocycles. The van der Waals surface area contributed by atoms with E-state index in [0.29, 0.717) is 42.1 Å². The van der Waals surface area contributed by atoms with Crippen LogP contribution in [0.4, 0.5) is 4.39 Å². The quantitative estimate of drug-likeness (QED) is 0.375. The van der Waals surface area contributed by atoms with Crippen LogP contribution in [0.3, 0.4) is 0 Å². The lowest BCUT2D eigenvalue weighted by Gasteiger charge is -2.39. The third kappa shape index (κ3) is 6.93. The van der Waals surface area contributed by atoms with Crippen LogP contribution in [0.1, 0.15) is 41.3 Å². The SMILES string of the molecule is C[C@@H]1CN(Cc2ccc(F)cc2)CCN1C=CC(=O)c1ccc(Cl)cc1C#CC1(O)CCNCC1. The Morgan fingerprint density at radius 1 is 1.23 bits per heavy atom. The van der Waals surface area contributed by atoms with E-state index in [-0.39, 0.29) is 17.6 Å². The minimum absolute atomic E-state index is 0.149. The van der Waals surface area contributed by atoms with Crippen molar-refractivity contribution in [2.24, 2.45) is 0 Å². The van der Waals surface area contributed by atoms with E-state index in [1.807, 2.05) is 18.3 Å². The summed E-state index contributed by atoms with van der Waals surface area (Å²) in [5.74, 6) is 5.61. The van der Waals surface area contributed by atoms with Crippen molar-refractivity contribution in [1.82, 2.24) is 15.1 Å². The molecule has 0 amide bonds. The van der Waals surface area contributed by atoms with Crippen LogP contribution in [0.15, 0.2) is 54.7 Å². The molecule has 184 valence electrons. The molecule has 7 heteroatoms. The number of carbonyl (C=O) groups excluding carboxylic acids is 1. The van der Waals surface area contributed by atoms with Gasteiger partial charge >= 0.3 is 0 Å². The van der Waals surface area contributed by atoms with Gasteiger partial charge in [0, 0.05) is 60.6 Å². The lowest BCUT2D eigenvalue weighted by Crippen LogP contribution is -2.49. The summed E-state index contributed by atoms with van der Waals surface area (Å²) in [4.78, 5) is 17.6. The van der Waals surface area contributed by atoms with Crippen molar-refractivity contribution in [2.75, 3.05) is 32.7 Å². The molecule has 2 saturated heterocycles. The van der Waals surface area contributed by atoms with Crippen LogP contribution < -0.4 is 5.32 Å². The second-order valence-electron chi connectivity index (χ2n) is 9.35. The van der Waals surface area contributed by atoms with E-state index in [4.69, 9.17) is 11.6 Å². The van der Waals surface area contributed by atoms with Crippen LogP contribution in [0.5, 0.6) is 0 Å². The normalized spacial score (nSPS) is 20.5. The lowest BCUT2D eigenvalue weighted by molar-refractivity contribution is 0.0679. The summed E-state index contributed by atoms with van der Waals surface area (Å²) in [6.45, 7) is 6.82. The third-order valence-electron chi connectivity index (χ3n) is 6.61. The highest BCUT2D eigenvalue weighted by atomic mass is 35.5. The fourth-order valence-corrected chi connectivity index (χ4v) is 4.67. The molecule has 35 heavy (non-hydrogen) atoms. The maximum Gasteiger partial charge on any atom is 0.188 e. The molecular weight excluding hydrogens is 465 g/mol. The minimum atomic E-state index is -1.05. The topological polar surface area (TPSA) is 55.8 Å². The summed E-state index contributed by atoms with van der Waals surface area (Å²) in [6.07, 6.45) is 4.54. The van der Waals surface area contributed by atoms with Gasteiger partial charge in [-0.3, -0.25) is 9.69 Å². The Bertz CT molecular complexity index is 1130. The van der Waals surface area contributed by atoms with Crippen LogP contribution in [-0.2, 0) is 6.54 Å². The van der Waals surface area contributed by atoms with E-state index in [1.165, 1.54) is 12.1 Å². The zero-order chi connectivity index (χ0) is 24.8. The monoisotopic (exact) mass is 495 g/mol. The Kier molecular flexibility index (Phi) is 8.25. The number of piperazine rings is 1. The number of piperidine rings is 1. The standard InChI is InChI=1S/C28H31ClFN3O2/c1-21-19-32(20-22-2-5-25(30)6-3-22)16-17-33(21)15-9-27(34)26-7-4-24(29)18-23(26)8-10-28(35)11-13-31-14-12-28/h2-7,9,15,18,21,31,35H,11-14,16-17,19-20H2,1H3/t21-/m1/s1. The Hall–Kier alpha value is -2.69. The molecule has 2 aliphatic rings. The number of nitrogens with one attached hydrogen (secondary N) is 1. The molecular formula is C28H31ClFN3O2. The minimum Gasteiger partial charge on any atom is -0.377 e. The van der Waals surface area contributed by atoms with Crippen LogP contribution >= 0.6 is 11.6 Å². The number of hydrogen-bond donors (Lipinski definition) is 2. The predicted octanol–water partition coefficient (Wildman–Crippen LogP) is 3.85. The summed E-state index contributed by atoms with van der Waals surface area (Å²) >= 11 is 6.17. The van der Waals surface area contributed by atoms with Crippen LogP contribution in [0, 0.1) is 17.7 Å². The number of nitrogens with zero attached hydrogens (tertiary/aromatic N) is 2. The molecule has 0 bridgehead atoms. The molecule has 2 aliphatic heterocycles. The molecule has 2 aromatic carbocycles. The summed E-state index contributed by atoms with van der Waals surface area (Å²) in [6, 6.07) is 11.9. The molecule has 0 aliphatic carbocycles. The lowest BCUT2D eigenvalue weighted by atomic mass is 9.92. The number of allylic oxidation sites excluding steroid dienone is 1. The van der Waals surface area contributed by atoms with Crippen LogP contribution in [-0.4, -0.2) is 65.1 Å². The first-order valence-electron chi connectivity index (χ1n) is 12.0. The number of hydrogen-bond acceptors (Lipinski definition) is 5. The highest BCUT2D eigenvalue weighted by molar-refractivity contribution is 6.30.